The van der Waals surface area contributed by atoms with E-state index < -0.39 is 10.1 Å². The number of hydrogen-bond acceptors (Lipinski definition) is 6. The quantitative estimate of drug-likeness (QED) is 0.397. The zero-order valence-corrected chi connectivity index (χ0v) is 20.2. The van der Waals surface area contributed by atoms with Crippen LogP contribution in [0.5, 0.6) is 0 Å². The number of aromatic nitrogens is 2. The lowest BCUT2D eigenvalue weighted by molar-refractivity contribution is 0.281. The Morgan fingerprint density at radius 3 is 2.32 bits per heavy atom. The third-order valence-corrected chi connectivity index (χ3v) is 5.76. The second-order valence-electron chi connectivity index (χ2n) is 8.07. The molecule has 8 nitrogen and oxygen atoms in total. The van der Waals surface area contributed by atoms with Crippen LogP contribution in [0.1, 0.15) is 52.4 Å². The van der Waals surface area contributed by atoms with E-state index in [1.165, 1.54) is 0 Å². The first-order valence-electron chi connectivity index (χ1n) is 10.4. The van der Waals surface area contributed by atoms with Gasteiger partial charge in [-0.1, -0.05) is 23.7 Å². The maximum Gasteiger partial charge on any atom is 0.261 e. The Morgan fingerprint density at radius 1 is 1.21 bits per heavy atom. The van der Waals surface area contributed by atoms with E-state index in [1.807, 2.05) is 25.1 Å². The number of nitrogens with zero attached hydrogens (tertiary/aromatic N) is 4. The van der Waals surface area contributed by atoms with Gasteiger partial charge in [-0.2, -0.15) is 18.9 Å². The number of pyridine rings is 1. The molecule has 0 unspecified atom stereocenters. The van der Waals surface area contributed by atoms with Crippen LogP contribution in [0, 0.1) is 29.6 Å². The van der Waals surface area contributed by atoms with Crippen LogP contribution in [0.25, 0.3) is 11.1 Å². The molecule has 1 aromatic carbocycles. The molecule has 1 aliphatic rings. The van der Waals surface area contributed by atoms with Crippen LogP contribution in [-0.2, 0) is 23.3 Å². The van der Waals surface area contributed by atoms with Crippen molar-refractivity contribution in [3.05, 3.63) is 75.3 Å². The zero-order valence-electron chi connectivity index (χ0n) is 18.7. The van der Waals surface area contributed by atoms with Gasteiger partial charge >= 0.3 is 0 Å². The van der Waals surface area contributed by atoms with Gasteiger partial charge in [-0.15, -0.1) is 0 Å². The van der Waals surface area contributed by atoms with Gasteiger partial charge in [0.05, 0.1) is 30.1 Å². The highest BCUT2D eigenvalue weighted by atomic mass is 35.5. The number of benzene rings is 1. The summed E-state index contributed by atoms with van der Waals surface area (Å²) < 4.78 is 28.1. The maximum atomic E-state index is 9.98. The van der Waals surface area contributed by atoms with E-state index in [0.717, 1.165) is 40.9 Å². The number of nitriles is 2. The lowest BCUT2D eigenvalue weighted by atomic mass is 9.99. The topological polar surface area (TPSA) is 140 Å². The summed E-state index contributed by atoms with van der Waals surface area (Å²) in [5, 5.41) is 28.9. The molecule has 10 heteroatoms. The number of rotatable bonds is 5. The Hall–Kier alpha value is -3.21. The van der Waals surface area contributed by atoms with Crippen molar-refractivity contribution in [2.45, 2.75) is 38.8 Å². The summed E-state index contributed by atoms with van der Waals surface area (Å²) >= 11 is 6.03. The van der Waals surface area contributed by atoms with Crippen molar-refractivity contribution in [2.24, 2.45) is 0 Å². The first-order chi connectivity index (χ1) is 16.1. The first-order valence-corrected chi connectivity index (χ1v) is 12.6. The summed E-state index contributed by atoms with van der Waals surface area (Å²) in [7, 11) is -3.67. The number of aliphatic hydroxyl groups is 1. The van der Waals surface area contributed by atoms with E-state index in [9.17, 15) is 18.8 Å². The van der Waals surface area contributed by atoms with Gasteiger partial charge in [0.15, 0.2) is 0 Å². The Kier molecular flexibility index (Phi) is 7.75. The van der Waals surface area contributed by atoms with Gasteiger partial charge in [0, 0.05) is 41.2 Å². The average Bonchev–Trinajstić information content (AvgIpc) is 3.59. The highest BCUT2D eigenvalue weighted by Crippen LogP contribution is 2.46. The Bertz CT molecular complexity index is 1390. The molecule has 0 aliphatic heterocycles. The minimum Gasteiger partial charge on any atom is -0.392 e. The van der Waals surface area contributed by atoms with Crippen molar-refractivity contribution in [3.8, 4) is 23.3 Å². The van der Waals surface area contributed by atoms with Crippen LogP contribution in [0.2, 0.25) is 5.15 Å². The molecule has 1 saturated carbocycles. The van der Waals surface area contributed by atoms with E-state index >= 15 is 0 Å². The summed E-state index contributed by atoms with van der Waals surface area (Å²) in [6.45, 7) is 2.41. The molecular weight excluding hydrogens is 476 g/mol. The van der Waals surface area contributed by atoms with Crippen molar-refractivity contribution in [1.82, 2.24) is 9.55 Å². The first kappa shape index (κ1) is 25.4. The zero-order chi connectivity index (χ0) is 25.0. The molecule has 176 valence electrons. The molecule has 0 atom stereocenters. The average molecular weight is 499 g/mol. The third-order valence-electron chi connectivity index (χ3n) is 5.42. The second kappa shape index (κ2) is 10.4. The smallest absolute Gasteiger partial charge is 0.261 e. The van der Waals surface area contributed by atoms with Gasteiger partial charge in [-0.05, 0) is 49.1 Å². The molecule has 0 amide bonds. The summed E-state index contributed by atoms with van der Waals surface area (Å²) in [5.41, 5.74) is 6.74. The normalized spacial score (nSPS) is 12.9. The fourth-order valence-electron chi connectivity index (χ4n) is 3.85. The minimum atomic E-state index is -3.67. The van der Waals surface area contributed by atoms with Crippen molar-refractivity contribution in [1.29, 1.82) is 10.5 Å². The van der Waals surface area contributed by atoms with Gasteiger partial charge in [-0.3, -0.25) is 4.55 Å². The standard InChI is InChI=1S/C23H19ClN4O.CH4O3S/c1-14-21(17-4-2-15(9-25)3-5-17)20(10-26)22(18-6-7-18)28(14)12-16-8-19(13-29)23(24)27-11-16;1-5(2,3)4/h2-5,8,11,18,29H,6-7,12-13H2,1H3;1H3,(H,2,3,4). The Labute approximate surface area is 203 Å². The molecule has 3 aromatic rings. The van der Waals surface area contributed by atoms with E-state index in [0.29, 0.717) is 40.6 Å². The molecule has 2 N–H and O–H groups in total. The van der Waals surface area contributed by atoms with Crippen molar-refractivity contribution in [2.75, 3.05) is 6.26 Å². The SMILES string of the molecule is CS(=O)(=O)O.Cc1c(-c2ccc(C#N)cc2)c(C#N)c(C2CC2)n1Cc1cnc(Cl)c(CO)c1. The molecule has 2 heterocycles. The fourth-order valence-corrected chi connectivity index (χ4v) is 4.01. The van der Waals surface area contributed by atoms with Gasteiger partial charge in [0.1, 0.15) is 11.2 Å². The molecule has 0 saturated heterocycles. The fraction of sp³-hybridized carbons (Fsp3) is 0.292. The van der Waals surface area contributed by atoms with Crippen LogP contribution in [0.15, 0.2) is 36.5 Å². The van der Waals surface area contributed by atoms with E-state index in [4.69, 9.17) is 21.4 Å². The van der Waals surface area contributed by atoms with Crippen molar-refractivity contribution < 1.29 is 18.1 Å². The number of halogens is 1. The minimum absolute atomic E-state index is 0.167. The van der Waals surface area contributed by atoms with Crippen molar-refractivity contribution >= 4 is 21.7 Å². The lowest BCUT2D eigenvalue weighted by Gasteiger charge is -2.13. The molecule has 0 radical (unpaired) electrons. The van der Waals surface area contributed by atoms with E-state index in [1.54, 1.807) is 18.3 Å². The molecule has 1 fully saturated rings. The van der Waals surface area contributed by atoms with Crippen molar-refractivity contribution in [3.63, 3.8) is 0 Å². The lowest BCUT2D eigenvalue weighted by Crippen LogP contribution is -2.07. The summed E-state index contributed by atoms with van der Waals surface area (Å²) in [5.74, 6) is 0.382. The summed E-state index contributed by atoms with van der Waals surface area (Å²) in [6, 6.07) is 13.8. The van der Waals surface area contributed by atoms with Crippen LogP contribution >= 0.6 is 11.6 Å². The summed E-state index contributed by atoms with van der Waals surface area (Å²) in [4.78, 5) is 4.19. The molecule has 0 bridgehead atoms. The van der Waals surface area contributed by atoms with Gasteiger partial charge in [0.2, 0.25) is 0 Å². The number of hydrogen-bond donors (Lipinski definition) is 2. The van der Waals surface area contributed by atoms with Crippen LogP contribution in [-0.4, -0.2) is 33.9 Å². The predicted octanol–water partition coefficient (Wildman–Crippen LogP) is 4.18. The largest absolute Gasteiger partial charge is 0.392 e. The summed E-state index contributed by atoms with van der Waals surface area (Å²) in [6.07, 6.45) is 4.58. The molecule has 0 spiro atoms. The van der Waals surface area contributed by atoms with Crippen LogP contribution in [0.3, 0.4) is 0 Å². The second-order valence-corrected chi connectivity index (χ2v) is 9.89. The number of aliphatic hydroxyl groups excluding tert-OH is 1. The van der Waals surface area contributed by atoms with Crippen LogP contribution in [0.4, 0.5) is 0 Å². The van der Waals surface area contributed by atoms with E-state index in [-0.39, 0.29) is 6.61 Å². The van der Waals surface area contributed by atoms with Gasteiger partial charge < -0.3 is 9.67 Å². The van der Waals surface area contributed by atoms with E-state index in [2.05, 4.69) is 21.7 Å². The molecule has 2 aromatic heterocycles. The third kappa shape index (κ3) is 6.02. The molecule has 34 heavy (non-hydrogen) atoms. The highest BCUT2D eigenvalue weighted by Gasteiger charge is 2.33. The van der Waals surface area contributed by atoms with Crippen LogP contribution < -0.4 is 0 Å². The predicted molar refractivity (Wildman–Crippen MR) is 128 cm³/mol. The maximum absolute atomic E-state index is 9.98. The molecular formula is C24H23ClN4O4S. The Balaban J connectivity index is 0.000000588. The monoisotopic (exact) mass is 498 g/mol. The van der Waals surface area contributed by atoms with Gasteiger partial charge in [-0.25, -0.2) is 4.98 Å². The highest BCUT2D eigenvalue weighted by molar-refractivity contribution is 7.85. The van der Waals surface area contributed by atoms with Gasteiger partial charge in [0.25, 0.3) is 10.1 Å². The molecule has 4 rings (SSSR count). The Morgan fingerprint density at radius 2 is 1.82 bits per heavy atom. The molecule has 1 aliphatic carbocycles.